The number of carbonyl (C=O) groups is 2. The van der Waals surface area contributed by atoms with Gasteiger partial charge in [-0.25, -0.2) is 4.98 Å². The minimum absolute atomic E-state index is 0.00188. The largest absolute Gasteiger partial charge is 0.481 e. The Kier molecular flexibility index (Phi) is 3.93. The molecule has 0 fully saturated rings. The molecule has 0 saturated carbocycles. The molecule has 0 aliphatic carbocycles. The number of amides is 1. The summed E-state index contributed by atoms with van der Waals surface area (Å²) < 4.78 is 12.7. The first-order valence-electron chi connectivity index (χ1n) is 4.63. The Balaban J connectivity index is 2.56. The summed E-state index contributed by atoms with van der Waals surface area (Å²) in [5.41, 5.74) is 0.116. The number of carbonyl (C=O) groups excluding carboxylic acids is 1. The van der Waals surface area contributed by atoms with E-state index in [0.717, 1.165) is 6.07 Å². The molecule has 1 heterocycles. The van der Waals surface area contributed by atoms with Crippen molar-refractivity contribution in [2.24, 2.45) is 5.92 Å². The van der Waals surface area contributed by atoms with Gasteiger partial charge in [0.05, 0.1) is 5.92 Å². The standard InChI is InChI=1S/C10H11FN2O3/c1-6(10(15)16)5-13-9(14)7-2-3-12-8(11)4-7/h2-4,6H,5H2,1H3,(H,13,14)(H,15,16). The molecule has 1 amide bonds. The number of nitrogens with zero attached hydrogens (tertiary/aromatic N) is 1. The van der Waals surface area contributed by atoms with Crippen LogP contribution in [0.3, 0.4) is 0 Å². The highest BCUT2D eigenvalue weighted by Gasteiger charge is 2.13. The first-order valence-corrected chi connectivity index (χ1v) is 4.63. The number of hydrogen-bond acceptors (Lipinski definition) is 3. The van der Waals surface area contributed by atoms with E-state index >= 15 is 0 Å². The van der Waals surface area contributed by atoms with Crippen LogP contribution in [0.2, 0.25) is 0 Å². The third-order valence-electron chi connectivity index (χ3n) is 1.98. The van der Waals surface area contributed by atoms with E-state index in [0.29, 0.717) is 0 Å². The van der Waals surface area contributed by atoms with E-state index < -0.39 is 23.7 Å². The van der Waals surface area contributed by atoms with Gasteiger partial charge >= 0.3 is 5.97 Å². The lowest BCUT2D eigenvalue weighted by molar-refractivity contribution is -0.140. The fraction of sp³-hybridized carbons (Fsp3) is 0.300. The fourth-order valence-corrected chi connectivity index (χ4v) is 0.979. The molecule has 1 unspecified atom stereocenters. The van der Waals surface area contributed by atoms with Crippen LogP contribution >= 0.6 is 0 Å². The van der Waals surface area contributed by atoms with Gasteiger partial charge in [-0.15, -0.1) is 0 Å². The molecule has 2 N–H and O–H groups in total. The second-order valence-electron chi connectivity index (χ2n) is 3.32. The van der Waals surface area contributed by atoms with Crippen molar-refractivity contribution in [2.45, 2.75) is 6.92 Å². The van der Waals surface area contributed by atoms with Gasteiger partial charge in [-0.1, -0.05) is 6.92 Å². The quantitative estimate of drug-likeness (QED) is 0.739. The maximum atomic E-state index is 12.7. The van der Waals surface area contributed by atoms with Crippen molar-refractivity contribution in [1.82, 2.24) is 10.3 Å². The molecule has 6 heteroatoms. The van der Waals surface area contributed by atoms with Gasteiger partial charge in [0.1, 0.15) is 0 Å². The lowest BCUT2D eigenvalue weighted by Gasteiger charge is -2.08. The van der Waals surface area contributed by atoms with Crippen molar-refractivity contribution < 1.29 is 19.1 Å². The van der Waals surface area contributed by atoms with Crippen LogP contribution in [0.15, 0.2) is 18.3 Å². The second kappa shape index (κ2) is 5.20. The summed E-state index contributed by atoms with van der Waals surface area (Å²) in [4.78, 5) is 25.2. The number of hydrogen-bond donors (Lipinski definition) is 2. The van der Waals surface area contributed by atoms with Crippen LogP contribution in [0.25, 0.3) is 0 Å². The maximum absolute atomic E-state index is 12.7. The smallest absolute Gasteiger partial charge is 0.308 e. The minimum atomic E-state index is -0.999. The molecule has 0 bridgehead atoms. The number of carboxylic acids is 1. The van der Waals surface area contributed by atoms with Crippen molar-refractivity contribution in [1.29, 1.82) is 0 Å². The van der Waals surface area contributed by atoms with E-state index in [-0.39, 0.29) is 12.1 Å². The topological polar surface area (TPSA) is 79.3 Å². The molecular formula is C10H11FN2O3. The first kappa shape index (κ1) is 12.1. The van der Waals surface area contributed by atoms with Gasteiger partial charge in [-0.3, -0.25) is 9.59 Å². The van der Waals surface area contributed by atoms with Crippen LogP contribution in [0.1, 0.15) is 17.3 Å². The Hall–Kier alpha value is -1.98. The van der Waals surface area contributed by atoms with Crippen LogP contribution in [-0.2, 0) is 4.79 Å². The fourth-order valence-electron chi connectivity index (χ4n) is 0.979. The molecule has 0 aliphatic rings. The Labute approximate surface area is 91.3 Å². The lowest BCUT2D eigenvalue weighted by Crippen LogP contribution is -2.31. The zero-order valence-electron chi connectivity index (χ0n) is 8.61. The number of aliphatic carboxylic acids is 1. The molecule has 16 heavy (non-hydrogen) atoms. The van der Waals surface area contributed by atoms with Crippen LogP contribution in [0, 0.1) is 11.9 Å². The van der Waals surface area contributed by atoms with Crippen molar-refractivity contribution in [2.75, 3.05) is 6.54 Å². The van der Waals surface area contributed by atoms with Gasteiger partial charge in [0.2, 0.25) is 5.95 Å². The molecule has 0 aliphatic heterocycles. The maximum Gasteiger partial charge on any atom is 0.308 e. The van der Waals surface area contributed by atoms with E-state index in [9.17, 15) is 14.0 Å². The summed E-state index contributed by atoms with van der Waals surface area (Å²) in [7, 11) is 0. The minimum Gasteiger partial charge on any atom is -0.481 e. The zero-order chi connectivity index (χ0) is 12.1. The summed E-state index contributed by atoms with van der Waals surface area (Å²) in [6, 6.07) is 2.34. The molecule has 0 spiro atoms. The van der Waals surface area contributed by atoms with Gasteiger partial charge in [-0.05, 0) is 6.07 Å². The average Bonchev–Trinajstić information content (AvgIpc) is 2.25. The summed E-state index contributed by atoms with van der Waals surface area (Å²) >= 11 is 0. The molecule has 86 valence electrons. The summed E-state index contributed by atoms with van der Waals surface area (Å²) in [5, 5.41) is 11.0. The highest BCUT2D eigenvalue weighted by atomic mass is 19.1. The number of halogens is 1. The highest BCUT2D eigenvalue weighted by Crippen LogP contribution is 2.00. The Morgan fingerprint density at radius 1 is 1.62 bits per heavy atom. The van der Waals surface area contributed by atoms with Crippen LogP contribution in [-0.4, -0.2) is 28.5 Å². The van der Waals surface area contributed by atoms with Crippen molar-refractivity contribution in [3.63, 3.8) is 0 Å². The van der Waals surface area contributed by atoms with Crippen molar-refractivity contribution in [3.8, 4) is 0 Å². The Morgan fingerprint density at radius 2 is 2.31 bits per heavy atom. The van der Waals surface area contributed by atoms with Gasteiger partial charge in [0, 0.05) is 24.4 Å². The second-order valence-corrected chi connectivity index (χ2v) is 3.32. The molecule has 1 atom stereocenters. The molecule has 1 aromatic heterocycles. The van der Waals surface area contributed by atoms with Gasteiger partial charge < -0.3 is 10.4 Å². The third-order valence-corrected chi connectivity index (χ3v) is 1.98. The van der Waals surface area contributed by atoms with E-state index in [4.69, 9.17) is 5.11 Å². The summed E-state index contributed by atoms with van der Waals surface area (Å²) in [5.74, 6) is -2.95. The predicted octanol–water partition coefficient (Wildman–Crippen LogP) is 0.671. The normalized spacial score (nSPS) is 11.9. The third kappa shape index (κ3) is 3.30. The number of carboxylic acid groups (broad SMARTS) is 1. The Bertz CT molecular complexity index is 409. The molecule has 0 saturated heterocycles. The Morgan fingerprint density at radius 3 is 2.88 bits per heavy atom. The van der Waals surface area contributed by atoms with E-state index in [2.05, 4.69) is 10.3 Å². The molecule has 1 rings (SSSR count). The predicted molar refractivity (Wildman–Crippen MR) is 53.3 cm³/mol. The SMILES string of the molecule is CC(CNC(=O)c1ccnc(F)c1)C(=O)O. The number of nitrogens with one attached hydrogen (secondary N) is 1. The molecule has 0 radical (unpaired) electrons. The monoisotopic (exact) mass is 226 g/mol. The molecule has 5 nitrogen and oxygen atoms in total. The average molecular weight is 226 g/mol. The van der Waals surface area contributed by atoms with E-state index in [1.807, 2.05) is 0 Å². The van der Waals surface area contributed by atoms with Gasteiger partial charge in [0.25, 0.3) is 5.91 Å². The number of rotatable bonds is 4. The van der Waals surface area contributed by atoms with Crippen LogP contribution in [0.5, 0.6) is 0 Å². The molecule has 1 aromatic rings. The summed E-state index contributed by atoms with van der Waals surface area (Å²) in [6.45, 7) is 1.47. The van der Waals surface area contributed by atoms with Crippen LogP contribution in [0.4, 0.5) is 4.39 Å². The van der Waals surface area contributed by atoms with Gasteiger partial charge in [0.15, 0.2) is 0 Å². The van der Waals surface area contributed by atoms with E-state index in [1.54, 1.807) is 0 Å². The highest BCUT2D eigenvalue weighted by molar-refractivity contribution is 5.94. The van der Waals surface area contributed by atoms with E-state index in [1.165, 1.54) is 19.2 Å². The molecule has 0 aromatic carbocycles. The van der Waals surface area contributed by atoms with Crippen molar-refractivity contribution in [3.05, 3.63) is 29.8 Å². The van der Waals surface area contributed by atoms with Crippen molar-refractivity contribution >= 4 is 11.9 Å². The lowest BCUT2D eigenvalue weighted by atomic mass is 10.2. The molecular weight excluding hydrogens is 215 g/mol. The summed E-state index contributed by atoms with van der Waals surface area (Å²) in [6.07, 6.45) is 1.17. The van der Waals surface area contributed by atoms with Crippen LogP contribution < -0.4 is 5.32 Å². The van der Waals surface area contributed by atoms with Gasteiger partial charge in [-0.2, -0.15) is 4.39 Å². The number of aromatic nitrogens is 1. The number of pyridine rings is 1. The zero-order valence-corrected chi connectivity index (χ0v) is 8.61. The first-order chi connectivity index (χ1) is 7.50.